The Morgan fingerprint density at radius 3 is 2.77 bits per heavy atom. The highest BCUT2D eigenvalue weighted by Crippen LogP contribution is 2.28. The molecule has 9 nitrogen and oxygen atoms in total. The number of hydrogen-bond donors (Lipinski definition) is 1. The molecule has 1 fully saturated rings. The summed E-state index contributed by atoms with van der Waals surface area (Å²) in [5, 5.41) is 5.57. The summed E-state index contributed by atoms with van der Waals surface area (Å²) in [7, 11) is 1.41. The van der Waals surface area contributed by atoms with E-state index in [2.05, 4.69) is 20.2 Å². The van der Waals surface area contributed by atoms with E-state index in [1.54, 1.807) is 11.6 Å². The maximum Gasteiger partial charge on any atom is 0.332 e. The van der Waals surface area contributed by atoms with Crippen molar-refractivity contribution in [2.45, 2.75) is 19.4 Å². The Bertz CT molecular complexity index is 1080. The molecule has 0 radical (unpaired) electrons. The average molecular weight is 392 g/mol. The number of fused-ring (bicyclic) bond motifs is 1. The van der Waals surface area contributed by atoms with Gasteiger partial charge in [-0.1, -0.05) is 11.3 Å². The molecule has 0 bridgehead atoms. The molecular weight excluding hydrogens is 376 g/mol. The Labute approximate surface area is 155 Å². The molecule has 11 heteroatoms. The van der Waals surface area contributed by atoms with Crippen LogP contribution in [0.2, 0.25) is 0 Å². The van der Waals surface area contributed by atoms with E-state index in [1.807, 2.05) is 0 Å². The summed E-state index contributed by atoms with van der Waals surface area (Å²) >= 11 is 2.56. The number of nitrogens with one attached hydrogen (secondary N) is 1. The molecule has 0 aromatic carbocycles. The minimum atomic E-state index is -0.560. The summed E-state index contributed by atoms with van der Waals surface area (Å²) in [6, 6.07) is 0. The van der Waals surface area contributed by atoms with Gasteiger partial charge in [0, 0.05) is 31.7 Å². The maximum atomic E-state index is 12.6. The van der Waals surface area contributed by atoms with Crippen LogP contribution in [0.15, 0.2) is 21.2 Å². The average Bonchev–Trinajstić information content (AvgIpc) is 3.37. The van der Waals surface area contributed by atoms with Crippen molar-refractivity contribution in [1.82, 2.24) is 19.1 Å². The van der Waals surface area contributed by atoms with E-state index in [9.17, 15) is 14.4 Å². The maximum absolute atomic E-state index is 12.6. The molecule has 26 heavy (non-hydrogen) atoms. The lowest BCUT2D eigenvalue weighted by molar-refractivity contribution is -0.116. The molecule has 4 rings (SSSR count). The van der Waals surface area contributed by atoms with Gasteiger partial charge in [0.15, 0.2) is 15.9 Å². The van der Waals surface area contributed by atoms with Gasteiger partial charge in [0.25, 0.3) is 5.56 Å². The molecule has 1 amide bonds. The predicted molar refractivity (Wildman–Crippen MR) is 101 cm³/mol. The van der Waals surface area contributed by atoms with Crippen LogP contribution in [-0.2, 0) is 18.4 Å². The summed E-state index contributed by atoms with van der Waals surface area (Å²) in [5.74, 6) is -0.391. The van der Waals surface area contributed by atoms with Crippen LogP contribution in [-0.4, -0.2) is 38.1 Å². The zero-order valence-electron chi connectivity index (χ0n) is 14.0. The summed E-state index contributed by atoms with van der Waals surface area (Å²) in [5.41, 5.74) is -0.682. The highest BCUT2D eigenvalue weighted by Gasteiger charge is 2.22. The van der Waals surface area contributed by atoms with Crippen molar-refractivity contribution in [2.24, 2.45) is 7.05 Å². The number of carbonyl (C=O) groups excluding carboxylic acids is 1. The number of amides is 1. The second-order valence-corrected chi connectivity index (χ2v) is 7.83. The van der Waals surface area contributed by atoms with Crippen LogP contribution in [0.3, 0.4) is 0 Å². The number of rotatable bonds is 4. The molecule has 136 valence electrons. The molecule has 3 aromatic rings. The molecule has 0 unspecified atom stereocenters. The van der Waals surface area contributed by atoms with Crippen molar-refractivity contribution >= 4 is 49.2 Å². The third-order valence-corrected chi connectivity index (χ3v) is 6.01. The van der Waals surface area contributed by atoms with Crippen LogP contribution < -0.4 is 21.5 Å². The van der Waals surface area contributed by atoms with Gasteiger partial charge in [0.05, 0.1) is 0 Å². The molecule has 0 aliphatic carbocycles. The zero-order chi connectivity index (χ0) is 18.3. The molecule has 1 aliphatic heterocycles. The quantitative estimate of drug-likeness (QED) is 0.706. The van der Waals surface area contributed by atoms with E-state index < -0.39 is 11.6 Å². The number of thiazole rings is 2. The molecule has 4 heterocycles. The summed E-state index contributed by atoms with van der Waals surface area (Å²) in [4.78, 5) is 47.9. The molecule has 0 spiro atoms. The van der Waals surface area contributed by atoms with E-state index in [1.165, 1.54) is 34.3 Å². The highest BCUT2D eigenvalue weighted by atomic mass is 32.1. The van der Waals surface area contributed by atoms with Gasteiger partial charge in [-0.2, -0.15) is 0 Å². The standard InChI is InChI=1S/C15H16N6O3S2/c1-19-12(23)10-11(18-14(26-10)20-5-2-3-6-20)21(15(19)24)8-9(22)17-13-16-4-7-25-13/h4,7H,2-3,5-6,8H2,1H3,(H,16,17,22). The van der Waals surface area contributed by atoms with Gasteiger partial charge in [-0.15, -0.1) is 11.3 Å². The Hall–Kier alpha value is -2.53. The van der Waals surface area contributed by atoms with Gasteiger partial charge in [0.1, 0.15) is 11.2 Å². The zero-order valence-corrected chi connectivity index (χ0v) is 15.6. The lowest BCUT2D eigenvalue weighted by Gasteiger charge is -2.12. The molecule has 1 saturated heterocycles. The van der Waals surface area contributed by atoms with Gasteiger partial charge in [-0.05, 0) is 12.8 Å². The largest absolute Gasteiger partial charge is 0.348 e. The van der Waals surface area contributed by atoms with Crippen LogP contribution in [0.25, 0.3) is 10.3 Å². The van der Waals surface area contributed by atoms with Crippen LogP contribution >= 0.6 is 22.7 Å². The fourth-order valence-corrected chi connectivity index (χ4v) is 4.55. The van der Waals surface area contributed by atoms with Crippen LogP contribution in [0.5, 0.6) is 0 Å². The van der Waals surface area contributed by atoms with Gasteiger partial charge in [-0.3, -0.25) is 18.7 Å². The molecule has 3 aromatic heterocycles. The first-order chi connectivity index (χ1) is 12.5. The van der Waals surface area contributed by atoms with E-state index in [-0.39, 0.29) is 17.8 Å². The number of nitrogens with zero attached hydrogens (tertiary/aromatic N) is 5. The van der Waals surface area contributed by atoms with E-state index >= 15 is 0 Å². The first-order valence-electron chi connectivity index (χ1n) is 8.09. The molecule has 0 saturated carbocycles. The topological polar surface area (TPSA) is 102 Å². The number of hydrogen-bond acceptors (Lipinski definition) is 8. The van der Waals surface area contributed by atoms with Gasteiger partial charge < -0.3 is 10.2 Å². The Balaban J connectivity index is 1.76. The van der Waals surface area contributed by atoms with Crippen molar-refractivity contribution in [1.29, 1.82) is 0 Å². The molecule has 1 N–H and O–H groups in total. The van der Waals surface area contributed by atoms with Crippen molar-refractivity contribution in [3.05, 3.63) is 32.4 Å². The first-order valence-corrected chi connectivity index (χ1v) is 9.79. The van der Waals surface area contributed by atoms with Crippen molar-refractivity contribution < 1.29 is 4.79 Å². The highest BCUT2D eigenvalue weighted by molar-refractivity contribution is 7.22. The van der Waals surface area contributed by atoms with E-state index in [0.717, 1.165) is 30.5 Å². The Morgan fingerprint density at radius 2 is 2.08 bits per heavy atom. The monoisotopic (exact) mass is 392 g/mol. The number of anilines is 2. The SMILES string of the molecule is Cn1c(=O)c2sc(N3CCCC3)nc2n(CC(=O)Nc2nccs2)c1=O. The molecular formula is C15H16N6O3S2. The van der Waals surface area contributed by atoms with Crippen molar-refractivity contribution in [3.8, 4) is 0 Å². The fourth-order valence-electron chi connectivity index (χ4n) is 2.91. The summed E-state index contributed by atoms with van der Waals surface area (Å²) in [6.45, 7) is 1.54. The number of aromatic nitrogens is 4. The van der Waals surface area contributed by atoms with E-state index in [0.29, 0.717) is 15.0 Å². The predicted octanol–water partition coefficient (Wildman–Crippen LogP) is 0.852. The third-order valence-electron chi connectivity index (χ3n) is 4.23. The molecule has 0 atom stereocenters. The van der Waals surface area contributed by atoms with Gasteiger partial charge in [0.2, 0.25) is 5.91 Å². The minimum absolute atomic E-state index is 0.230. The van der Waals surface area contributed by atoms with E-state index in [4.69, 9.17) is 0 Å². The summed E-state index contributed by atoms with van der Waals surface area (Å²) in [6.07, 6.45) is 3.74. The Morgan fingerprint density at radius 1 is 1.31 bits per heavy atom. The number of carbonyl (C=O) groups is 1. The Kier molecular flexibility index (Phi) is 4.32. The fraction of sp³-hybridized carbons (Fsp3) is 0.400. The third kappa shape index (κ3) is 2.92. The second kappa shape index (κ2) is 6.65. The van der Waals surface area contributed by atoms with Crippen LogP contribution in [0.4, 0.5) is 10.3 Å². The second-order valence-electron chi connectivity index (χ2n) is 5.96. The normalized spacial score (nSPS) is 14.3. The lowest BCUT2D eigenvalue weighted by Crippen LogP contribution is -2.39. The van der Waals surface area contributed by atoms with Crippen molar-refractivity contribution in [3.63, 3.8) is 0 Å². The smallest absolute Gasteiger partial charge is 0.332 e. The first kappa shape index (κ1) is 16.9. The van der Waals surface area contributed by atoms with Crippen molar-refractivity contribution in [2.75, 3.05) is 23.3 Å². The van der Waals surface area contributed by atoms with Gasteiger partial charge in [-0.25, -0.2) is 14.8 Å². The molecule has 1 aliphatic rings. The van der Waals surface area contributed by atoms with Crippen LogP contribution in [0.1, 0.15) is 12.8 Å². The summed E-state index contributed by atoms with van der Waals surface area (Å²) < 4.78 is 2.65. The van der Waals surface area contributed by atoms with Crippen LogP contribution in [0, 0.1) is 0 Å². The van der Waals surface area contributed by atoms with Gasteiger partial charge >= 0.3 is 5.69 Å². The lowest BCUT2D eigenvalue weighted by atomic mass is 10.4. The minimum Gasteiger partial charge on any atom is -0.348 e.